The normalized spacial score (nSPS) is 21.7. The molecule has 0 aromatic heterocycles. The highest BCUT2D eigenvalue weighted by Crippen LogP contribution is 2.48. The molecule has 0 saturated heterocycles. The van der Waals surface area contributed by atoms with Gasteiger partial charge in [0.15, 0.2) is 5.78 Å². The number of thioether (sulfide) groups is 1. The average Bonchev–Trinajstić information content (AvgIpc) is 2.78. The van der Waals surface area contributed by atoms with Gasteiger partial charge in [-0.05, 0) is 60.9 Å². The lowest BCUT2D eigenvalue weighted by atomic mass is 9.66. The van der Waals surface area contributed by atoms with Crippen LogP contribution in [-0.4, -0.2) is 23.7 Å². The van der Waals surface area contributed by atoms with E-state index in [1.165, 1.54) is 0 Å². The number of rotatable bonds is 4. The number of halogens is 4. The van der Waals surface area contributed by atoms with E-state index in [2.05, 4.69) is 10.3 Å². The van der Waals surface area contributed by atoms with Crippen LogP contribution < -0.4 is 5.32 Å². The predicted octanol–water partition coefficient (Wildman–Crippen LogP) is 7.54. The maximum Gasteiger partial charge on any atom is 0.416 e. The molecule has 0 radical (unpaired) electrons. The summed E-state index contributed by atoms with van der Waals surface area (Å²) in [4.78, 5) is 32.7. The van der Waals surface area contributed by atoms with Crippen LogP contribution >= 0.6 is 23.4 Å². The summed E-state index contributed by atoms with van der Waals surface area (Å²) in [5.74, 6) is -2.13. The Balaban J connectivity index is 1.78. The number of aliphatic imine (C=N–C) groups is 1. The van der Waals surface area contributed by atoms with Gasteiger partial charge < -0.3 is 5.32 Å². The van der Waals surface area contributed by atoms with Gasteiger partial charge in [0.05, 0.1) is 22.2 Å². The van der Waals surface area contributed by atoms with E-state index in [-0.39, 0.29) is 21.9 Å². The quantitative estimate of drug-likeness (QED) is 0.412. The van der Waals surface area contributed by atoms with E-state index in [0.29, 0.717) is 29.8 Å². The summed E-state index contributed by atoms with van der Waals surface area (Å²) in [6.45, 7) is 5.74. The van der Waals surface area contributed by atoms with Crippen LogP contribution in [0.5, 0.6) is 0 Å². The Morgan fingerprint density at radius 3 is 2.42 bits per heavy atom. The minimum atomic E-state index is -4.59. The Labute approximate surface area is 217 Å². The lowest BCUT2D eigenvalue weighted by Crippen LogP contribution is -2.41. The van der Waals surface area contributed by atoms with Gasteiger partial charge in [-0.1, -0.05) is 37.6 Å². The lowest BCUT2D eigenvalue weighted by Gasteiger charge is -2.39. The molecule has 2 aromatic rings. The average molecular weight is 535 g/mol. The van der Waals surface area contributed by atoms with Crippen molar-refractivity contribution in [1.82, 2.24) is 0 Å². The summed E-state index contributed by atoms with van der Waals surface area (Å²) < 4.78 is 39.8. The van der Waals surface area contributed by atoms with Crippen LogP contribution in [0, 0.1) is 11.3 Å². The third-order valence-electron chi connectivity index (χ3n) is 6.61. The van der Waals surface area contributed by atoms with Crippen LogP contribution in [-0.2, 0) is 15.8 Å². The number of nitrogens with zero attached hydrogens (tertiary/aromatic N) is 1. The number of amides is 1. The van der Waals surface area contributed by atoms with Crippen molar-refractivity contribution < 1.29 is 22.8 Å². The largest absolute Gasteiger partial charge is 0.416 e. The molecule has 0 bridgehead atoms. The Hall–Kier alpha value is -2.58. The smallest absolute Gasteiger partial charge is 0.324 e. The summed E-state index contributed by atoms with van der Waals surface area (Å²) in [5, 5.41) is 2.57. The molecule has 4 nitrogen and oxygen atoms in total. The van der Waals surface area contributed by atoms with Gasteiger partial charge >= 0.3 is 6.18 Å². The number of anilines is 1. The molecule has 4 rings (SSSR count). The first-order valence-electron chi connectivity index (χ1n) is 11.4. The van der Waals surface area contributed by atoms with Gasteiger partial charge in [-0.2, -0.15) is 13.2 Å². The number of ketones is 1. The molecule has 1 aliphatic heterocycles. The highest BCUT2D eigenvalue weighted by Gasteiger charge is 2.45. The zero-order chi connectivity index (χ0) is 26.4. The molecule has 1 aliphatic carbocycles. The number of carbonyl (C=O) groups is 2. The van der Waals surface area contributed by atoms with Crippen molar-refractivity contribution in [1.29, 1.82) is 0 Å². The Kier molecular flexibility index (Phi) is 7.14. The van der Waals surface area contributed by atoms with Crippen molar-refractivity contribution in [2.45, 2.75) is 50.6 Å². The molecule has 0 fully saturated rings. The molecule has 0 saturated carbocycles. The van der Waals surface area contributed by atoms with Crippen LogP contribution in [0.25, 0.3) is 0 Å². The van der Waals surface area contributed by atoms with Gasteiger partial charge in [0, 0.05) is 34.2 Å². The topological polar surface area (TPSA) is 58.5 Å². The molecule has 1 amide bonds. The van der Waals surface area contributed by atoms with E-state index < -0.39 is 29.5 Å². The Morgan fingerprint density at radius 2 is 1.81 bits per heavy atom. The van der Waals surface area contributed by atoms with Crippen molar-refractivity contribution in [3.8, 4) is 0 Å². The number of benzene rings is 2. The van der Waals surface area contributed by atoms with Crippen LogP contribution in [0.3, 0.4) is 0 Å². The van der Waals surface area contributed by atoms with Crippen molar-refractivity contribution in [2.24, 2.45) is 16.3 Å². The molecule has 2 aromatic carbocycles. The van der Waals surface area contributed by atoms with Crippen LogP contribution in [0.1, 0.15) is 50.7 Å². The molecule has 9 heteroatoms. The fourth-order valence-corrected chi connectivity index (χ4v) is 5.54. The fraction of sp³-hybridized carbons (Fsp3) is 0.370. The number of hydrogen-bond donors (Lipinski definition) is 1. The van der Waals surface area contributed by atoms with E-state index >= 15 is 0 Å². The molecule has 36 heavy (non-hydrogen) atoms. The third kappa shape index (κ3) is 5.25. The molecular weight excluding hydrogens is 509 g/mol. The summed E-state index contributed by atoms with van der Waals surface area (Å²) in [7, 11) is 0. The predicted molar refractivity (Wildman–Crippen MR) is 138 cm³/mol. The molecule has 1 heterocycles. The molecule has 2 atom stereocenters. The van der Waals surface area contributed by atoms with Crippen LogP contribution in [0.2, 0.25) is 5.02 Å². The van der Waals surface area contributed by atoms with Crippen molar-refractivity contribution >= 4 is 46.5 Å². The minimum Gasteiger partial charge on any atom is -0.324 e. The Bertz CT molecular complexity index is 1280. The second kappa shape index (κ2) is 9.71. The summed E-state index contributed by atoms with van der Waals surface area (Å²) in [6.07, 6.45) is -1.71. The monoisotopic (exact) mass is 534 g/mol. The van der Waals surface area contributed by atoms with Crippen LogP contribution in [0.4, 0.5) is 18.9 Å². The number of Topliss-reactive ketones (excluding diaryl/α,β-unsaturated/α-hetero) is 1. The second-order valence-electron chi connectivity index (χ2n) is 9.96. The maximum absolute atomic E-state index is 13.6. The first kappa shape index (κ1) is 26.5. The fourth-order valence-electron chi connectivity index (χ4n) is 4.96. The highest BCUT2D eigenvalue weighted by molar-refractivity contribution is 7.98. The molecule has 1 unspecified atom stereocenters. The Morgan fingerprint density at radius 1 is 1.14 bits per heavy atom. The maximum atomic E-state index is 13.6. The van der Waals surface area contributed by atoms with E-state index in [0.717, 1.165) is 28.7 Å². The van der Waals surface area contributed by atoms with Gasteiger partial charge in [0.1, 0.15) is 0 Å². The molecule has 190 valence electrons. The standard InChI is InChI=1S/C27H26ClF3N2O2S/c1-14-22(25(35)33-19-11-16(27(29,30)31)7-10-18(19)28)23(15-5-8-17(36-4)9-6-15)24-20(32-14)12-26(2,3)13-21(24)34/h5-11,22-23H,12-13H2,1-4H3,(H,33,35)/t22?,23-/m1/s1. The number of alkyl halides is 3. The number of nitrogens with one attached hydrogen (secondary N) is 1. The van der Waals surface area contributed by atoms with E-state index in [4.69, 9.17) is 11.6 Å². The molecule has 2 aliphatic rings. The number of hydrogen-bond acceptors (Lipinski definition) is 4. The van der Waals surface area contributed by atoms with Gasteiger partial charge in [-0.3, -0.25) is 14.6 Å². The molecule has 1 N–H and O–H groups in total. The van der Waals surface area contributed by atoms with E-state index in [1.54, 1.807) is 18.7 Å². The third-order valence-corrected chi connectivity index (χ3v) is 7.68. The molecule has 0 spiro atoms. The number of carbonyl (C=O) groups excluding carboxylic acids is 2. The zero-order valence-electron chi connectivity index (χ0n) is 20.3. The summed E-state index contributed by atoms with van der Waals surface area (Å²) in [6, 6.07) is 10.4. The van der Waals surface area contributed by atoms with Gasteiger partial charge in [0.25, 0.3) is 0 Å². The van der Waals surface area contributed by atoms with Gasteiger partial charge in [-0.25, -0.2) is 0 Å². The van der Waals surface area contributed by atoms with Gasteiger partial charge in [-0.15, -0.1) is 11.8 Å². The van der Waals surface area contributed by atoms with E-state index in [1.807, 2.05) is 44.4 Å². The zero-order valence-corrected chi connectivity index (χ0v) is 21.9. The van der Waals surface area contributed by atoms with Gasteiger partial charge in [0.2, 0.25) is 5.91 Å². The molecular formula is C27H26ClF3N2O2S. The highest BCUT2D eigenvalue weighted by atomic mass is 35.5. The van der Waals surface area contributed by atoms with E-state index in [9.17, 15) is 22.8 Å². The SMILES string of the molecule is CSc1ccc([C@H]2C3=C(CC(C)(C)CC3=O)N=C(C)C2C(=O)Nc2cc(C(F)(F)F)ccc2Cl)cc1. The van der Waals surface area contributed by atoms with Crippen molar-refractivity contribution in [3.05, 3.63) is 69.9 Å². The summed E-state index contributed by atoms with van der Waals surface area (Å²) >= 11 is 7.71. The number of allylic oxidation sites excluding steroid dienone is 2. The minimum absolute atomic E-state index is 0.0157. The first-order chi connectivity index (χ1) is 16.8. The second-order valence-corrected chi connectivity index (χ2v) is 11.3. The summed E-state index contributed by atoms with van der Waals surface area (Å²) in [5.41, 5.74) is 1.14. The first-order valence-corrected chi connectivity index (χ1v) is 13.0. The van der Waals surface area contributed by atoms with Crippen molar-refractivity contribution in [2.75, 3.05) is 11.6 Å². The van der Waals surface area contributed by atoms with Crippen molar-refractivity contribution in [3.63, 3.8) is 0 Å². The lowest BCUT2D eigenvalue weighted by molar-refractivity contribution is -0.137. The van der Waals surface area contributed by atoms with Crippen LogP contribution in [0.15, 0.2) is 63.6 Å².